The standard InChI is InChI=1S/C13H15BrFNO2/c1-8-4-5-16(12(8)7-17)13(18)9-2-3-11(15)10(14)6-9/h2-3,6,8,12,17H,4-5,7H2,1H3. The molecule has 2 unspecified atom stereocenters. The number of aliphatic hydroxyl groups is 1. The third kappa shape index (κ3) is 2.42. The van der Waals surface area contributed by atoms with Crippen LogP contribution in [0.25, 0.3) is 0 Å². The molecule has 0 bridgehead atoms. The van der Waals surface area contributed by atoms with Crippen LogP contribution >= 0.6 is 15.9 Å². The summed E-state index contributed by atoms with van der Waals surface area (Å²) in [5.41, 5.74) is 0.441. The summed E-state index contributed by atoms with van der Waals surface area (Å²) < 4.78 is 13.4. The van der Waals surface area contributed by atoms with E-state index in [1.165, 1.54) is 18.2 Å². The second-order valence-electron chi connectivity index (χ2n) is 4.64. The van der Waals surface area contributed by atoms with E-state index in [-0.39, 0.29) is 28.8 Å². The van der Waals surface area contributed by atoms with Gasteiger partial charge in [-0.25, -0.2) is 4.39 Å². The summed E-state index contributed by atoms with van der Waals surface area (Å²) >= 11 is 3.07. The number of benzene rings is 1. The Balaban J connectivity index is 2.23. The Morgan fingerprint density at radius 2 is 2.33 bits per heavy atom. The van der Waals surface area contributed by atoms with Crippen LogP contribution in [0.15, 0.2) is 22.7 Å². The van der Waals surface area contributed by atoms with Gasteiger partial charge in [-0.3, -0.25) is 4.79 Å². The molecule has 1 fully saturated rings. The van der Waals surface area contributed by atoms with Crippen molar-refractivity contribution in [2.45, 2.75) is 19.4 Å². The minimum atomic E-state index is -0.389. The van der Waals surface area contributed by atoms with E-state index in [4.69, 9.17) is 0 Å². The normalized spacial score (nSPS) is 23.4. The van der Waals surface area contributed by atoms with Gasteiger partial charge in [0.05, 0.1) is 17.1 Å². The zero-order valence-corrected chi connectivity index (χ0v) is 11.7. The van der Waals surface area contributed by atoms with E-state index >= 15 is 0 Å². The minimum absolute atomic E-state index is 0.0325. The Bertz CT molecular complexity index is 466. The lowest BCUT2D eigenvalue weighted by atomic mass is 10.0. The zero-order chi connectivity index (χ0) is 13.3. The van der Waals surface area contributed by atoms with Crippen molar-refractivity contribution < 1.29 is 14.3 Å². The molecule has 98 valence electrons. The highest BCUT2D eigenvalue weighted by Gasteiger charge is 2.34. The van der Waals surface area contributed by atoms with E-state index in [0.717, 1.165) is 6.42 Å². The average Bonchev–Trinajstić information content (AvgIpc) is 2.73. The van der Waals surface area contributed by atoms with Crippen molar-refractivity contribution in [3.63, 3.8) is 0 Å². The molecular weight excluding hydrogens is 301 g/mol. The van der Waals surface area contributed by atoms with E-state index in [2.05, 4.69) is 15.9 Å². The quantitative estimate of drug-likeness (QED) is 0.910. The Hall–Kier alpha value is -0.940. The predicted octanol–water partition coefficient (Wildman–Crippen LogP) is 2.43. The summed E-state index contributed by atoms with van der Waals surface area (Å²) in [4.78, 5) is 14.0. The predicted molar refractivity (Wildman–Crippen MR) is 69.8 cm³/mol. The molecule has 0 saturated carbocycles. The third-order valence-corrected chi connectivity index (χ3v) is 4.10. The van der Waals surface area contributed by atoms with Gasteiger partial charge in [0.25, 0.3) is 5.91 Å². The smallest absolute Gasteiger partial charge is 0.254 e. The summed E-state index contributed by atoms with van der Waals surface area (Å²) in [6.07, 6.45) is 0.888. The first-order chi connectivity index (χ1) is 8.54. The van der Waals surface area contributed by atoms with Crippen molar-refractivity contribution in [2.75, 3.05) is 13.2 Å². The molecule has 1 aliphatic heterocycles. The maximum Gasteiger partial charge on any atom is 0.254 e. The first-order valence-electron chi connectivity index (χ1n) is 5.91. The maximum atomic E-state index is 13.1. The van der Waals surface area contributed by atoms with Gasteiger partial charge >= 0.3 is 0 Å². The molecule has 1 aromatic carbocycles. The molecule has 1 heterocycles. The number of amides is 1. The van der Waals surface area contributed by atoms with E-state index < -0.39 is 0 Å². The van der Waals surface area contributed by atoms with Crippen molar-refractivity contribution in [2.24, 2.45) is 5.92 Å². The molecule has 0 aliphatic carbocycles. The number of halogens is 2. The van der Waals surface area contributed by atoms with Crippen LogP contribution in [0.5, 0.6) is 0 Å². The van der Waals surface area contributed by atoms with Gasteiger partial charge in [-0.2, -0.15) is 0 Å². The summed E-state index contributed by atoms with van der Waals surface area (Å²) in [6.45, 7) is 2.63. The first-order valence-corrected chi connectivity index (χ1v) is 6.70. The lowest BCUT2D eigenvalue weighted by molar-refractivity contribution is 0.0648. The number of aliphatic hydroxyl groups excluding tert-OH is 1. The van der Waals surface area contributed by atoms with Crippen molar-refractivity contribution in [3.8, 4) is 0 Å². The van der Waals surface area contributed by atoms with Crippen molar-refractivity contribution in [1.82, 2.24) is 4.90 Å². The molecule has 1 N–H and O–H groups in total. The summed E-state index contributed by atoms with van der Waals surface area (Å²) in [6, 6.07) is 4.08. The van der Waals surface area contributed by atoms with Crippen LogP contribution in [-0.4, -0.2) is 35.1 Å². The van der Waals surface area contributed by atoms with Crippen LogP contribution in [0, 0.1) is 11.7 Å². The fourth-order valence-electron chi connectivity index (χ4n) is 2.33. The van der Waals surface area contributed by atoms with Gasteiger partial charge in [0, 0.05) is 12.1 Å². The Morgan fingerprint density at radius 1 is 1.61 bits per heavy atom. The van der Waals surface area contributed by atoms with Crippen LogP contribution in [0.2, 0.25) is 0 Å². The zero-order valence-electron chi connectivity index (χ0n) is 10.1. The van der Waals surface area contributed by atoms with Gasteiger partial charge in [-0.05, 0) is 46.5 Å². The van der Waals surface area contributed by atoms with Crippen LogP contribution in [0.1, 0.15) is 23.7 Å². The van der Waals surface area contributed by atoms with Gasteiger partial charge < -0.3 is 10.0 Å². The topological polar surface area (TPSA) is 40.5 Å². The molecular formula is C13H15BrFNO2. The number of carbonyl (C=O) groups is 1. The number of hydrogen-bond acceptors (Lipinski definition) is 2. The van der Waals surface area contributed by atoms with Crippen LogP contribution in [0.3, 0.4) is 0 Å². The van der Waals surface area contributed by atoms with Crippen molar-refractivity contribution in [3.05, 3.63) is 34.1 Å². The molecule has 0 aromatic heterocycles. The number of hydrogen-bond donors (Lipinski definition) is 1. The van der Waals surface area contributed by atoms with Crippen LogP contribution in [0.4, 0.5) is 4.39 Å². The van der Waals surface area contributed by atoms with Gasteiger partial charge in [0.15, 0.2) is 0 Å². The van der Waals surface area contributed by atoms with E-state index in [0.29, 0.717) is 18.0 Å². The van der Waals surface area contributed by atoms with E-state index in [9.17, 15) is 14.3 Å². The van der Waals surface area contributed by atoms with Gasteiger partial charge in [-0.1, -0.05) is 6.92 Å². The fourth-order valence-corrected chi connectivity index (χ4v) is 2.71. The van der Waals surface area contributed by atoms with Crippen LogP contribution in [-0.2, 0) is 0 Å². The highest BCUT2D eigenvalue weighted by molar-refractivity contribution is 9.10. The lowest BCUT2D eigenvalue weighted by Gasteiger charge is -2.25. The SMILES string of the molecule is CC1CCN(C(=O)c2ccc(F)c(Br)c2)C1CO. The van der Waals surface area contributed by atoms with Crippen molar-refractivity contribution >= 4 is 21.8 Å². The van der Waals surface area contributed by atoms with Crippen LogP contribution < -0.4 is 0 Å². The Kier molecular flexibility index (Phi) is 4.02. The van der Waals surface area contributed by atoms with E-state index in [1.54, 1.807) is 4.90 Å². The van der Waals surface area contributed by atoms with Gasteiger partial charge in [0.2, 0.25) is 0 Å². The van der Waals surface area contributed by atoms with Gasteiger partial charge in [0.1, 0.15) is 5.82 Å². The van der Waals surface area contributed by atoms with E-state index in [1.807, 2.05) is 6.92 Å². The molecule has 2 atom stereocenters. The second kappa shape index (κ2) is 5.36. The number of carbonyl (C=O) groups excluding carboxylic acids is 1. The molecule has 1 aromatic rings. The molecule has 1 saturated heterocycles. The largest absolute Gasteiger partial charge is 0.394 e. The second-order valence-corrected chi connectivity index (χ2v) is 5.50. The molecule has 0 radical (unpaired) electrons. The Labute approximate surface area is 114 Å². The lowest BCUT2D eigenvalue weighted by Crippen LogP contribution is -2.39. The molecule has 2 rings (SSSR count). The first kappa shape index (κ1) is 13.5. The molecule has 18 heavy (non-hydrogen) atoms. The highest BCUT2D eigenvalue weighted by Crippen LogP contribution is 2.26. The average molecular weight is 316 g/mol. The molecule has 1 amide bonds. The molecule has 1 aliphatic rings. The highest BCUT2D eigenvalue weighted by atomic mass is 79.9. The number of rotatable bonds is 2. The monoisotopic (exact) mass is 315 g/mol. The molecule has 3 nitrogen and oxygen atoms in total. The number of nitrogens with zero attached hydrogens (tertiary/aromatic N) is 1. The van der Waals surface area contributed by atoms with Gasteiger partial charge in [-0.15, -0.1) is 0 Å². The summed E-state index contributed by atoms with van der Waals surface area (Å²) in [7, 11) is 0. The third-order valence-electron chi connectivity index (χ3n) is 3.50. The number of likely N-dealkylation sites (tertiary alicyclic amines) is 1. The summed E-state index contributed by atoms with van der Waals surface area (Å²) in [5.74, 6) is -0.248. The molecule has 5 heteroatoms. The van der Waals surface area contributed by atoms with Crippen molar-refractivity contribution in [1.29, 1.82) is 0 Å². The summed E-state index contributed by atoms with van der Waals surface area (Å²) in [5, 5.41) is 9.34. The minimum Gasteiger partial charge on any atom is -0.394 e. The molecule has 0 spiro atoms. The Morgan fingerprint density at radius 3 is 2.94 bits per heavy atom. The maximum absolute atomic E-state index is 13.1. The fraction of sp³-hybridized carbons (Fsp3) is 0.462.